The molecule has 0 aromatic heterocycles. The van der Waals surface area contributed by atoms with Crippen LogP contribution in [0.1, 0.15) is 13.3 Å². The highest BCUT2D eigenvalue weighted by Crippen LogP contribution is 2.30. The number of hydrogen-bond donors (Lipinski definition) is 7. The van der Waals surface area contributed by atoms with Crippen molar-refractivity contribution in [2.75, 3.05) is 20.3 Å². The van der Waals surface area contributed by atoms with Crippen molar-refractivity contribution in [3.05, 3.63) is 24.3 Å². The van der Waals surface area contributed by atoms with Crippen LogP contribution >= 0.6 is 0 Å². The van der Waals surface area contributed by atoms with E-state index in [0.29, 0.717) is 11.5 Å². The van der Waals surface area contributed by atoms with Crippen LogP contribution in [0, 0.1) is 0 Å². The molecule has 0 bridgehead atoms. The fourth-order valence-corrected chi connectivity index (χ4v) is 3.92. The SMILES string of the molecule is CCC(=O)N[C@H]1[C@@H](O)[C@@H](CO)O[C@H](O[C@@H]2[C@H](O)[C@@H](O)[C@H](Oc3ccc(OC)cc3)O[C@@H]2CO)[C@@H]1O. The molecule has 198 valence electrons. The summed E-state index contributed by atoms with van der Waals surface area (Å²) in [7, 11) is 1.50. The van der Waals surface area contributed by atoms with Crippen LogP contribution in [0.3, 0.4) is 0 Å². The Balaban J connectivity index is 1.73. The van der Waals surface area contributed by atoms with Gasteiger partial charge in [0.15, 0.2) is 6.29 Å². The monoisotopic (exact) mass is 503 g/mol. The molecule has 2 fully saturated rings. The van der Waals surface area contributed by atoms with Crippen molar-refractivity contribution in [1.82, 2.24) is 5.32 Å². The molecule has 3 rings (SSSR count). The normalized spacial score (nSPS) is 37.5. The Labute approximate surface area is 201 Å². The van der Waals surface area contributed by atoms with Gasteiger partial charge in [-0.15, -0.1) is 0 Å². The molecule has 10 atom stereocenters. The maximum absolute atomic E-state index is 11.9. The van der Waals surface area contributed by atoms with E-state index in [9.17, 15) is 35.4 Å². The molecule has 13 nitrogen and oxygen atoms in total. The third kappa shape index (κ3) is 6.20. The van der Waals surface area contributed by atoms with Crippen molar-refractivity contribution in [2.45, 2.75) is 74.7 Å². The highest BCUT2D eigenvalue weighted by atomic mass is 16.7. The second-order valence-corrected chi connectivity index (χ2v) is 8.25. The molecule has 35 heavy (non-hydrogen) atoms. The van der Waals surface area contributed by atoms with Crippen molar-refractivity contribution in [3.63, 3.8) is 0 Å². The molecule has 0 aliphatic carbocycles. The molecule has 0 radical (unpaired) electrons. The second-order valence-electron chi connectivity index (χ2n) is 8.25. The highest BCUT2D eigenvalue weighted by Gasteiger charge is 2.51. The maximum Gasteiger partial charge on any atom is 0.229 e. The van der Waals surface area contributed by atoms with Gasteiger partial charge in [0.2, 0.25) is 12.2 Å². The van der Waals surface area contributed by atoms with Crippen molar-refractivity contribution in [2.24, 2.45) is 0 Å². The minimum Gasteiger partial charge on any atom is -0.497 e. The molecule has 7 N–H and O–H groups in total. The third-order valence-corrected chi connectivity index (χ3v) is 5.96. The van der Waals surface area contributed by atoms with Crippen LogP contribution in [0.2, 0.25) is 0 Å². The first kappa shape index (κ1) is 27.5. The predicted octanol–water partition coefficient (Wildman–Crippen LogP) is -2.77. The number of aliphatic hydroxyl groups is 6. The quantitative estimate of drug-likeness (QED) is 0.183. The molecule has 1 aromatic rings. The number of methoxy groups -OCH3 is 1. The molecule has 2 aliphatic heterocycles. The van der Waals surface area contributed by atoms with Gasteiger partial charge in [0.05, 0.1) is 26.4 Å². The number of nitrogens with one attached hydrogen (secondary N) is 1. The van der Waals surface area contributed by atoms with E-state index >= 15 is 0 Å². The number of carbonyl (C=O) groups is 1. The average molecular weight is 504 g/mol. The molecule has 2 saturated heterocycles. The summed E-state index contributed by atoms with van der Waals surface area (Å²) in [6.45, 7) is 0.278. The molecular formula is C22H33NO12. The fourth-order valence-electron chi connectivity index (χ4n) is 3.92. The summed E-state index contributed by atoms with van der Waals surface area (Å²) >= 11 is 0. The van der Waals surface area contributed by atoms with E-state index in [2.05, 4.69) is 5.32 Å². The number of ether oxygens (including phenoxy) is 5. The number of hydrogen-bond acceptors (Lipinski definition) is 12. The maximum atomic E-state index is 11.9. The first-order chi connectivity index (χ1) is 16.7. The number of aliphatic hydroxyl groups excluding tert-OH is 6. The van der Waals surface area contributed by atoms with Gasteiger partial charge in [-0.2, -0.15) is 0 Å². The first-order valence-electron chi connectivity index (χ1n) is 11.2. The zero-order valence-electron chi connectivity index (χ0n) is 19.3. The topological polar surface area (TPSA) is 197 Å². The van der Waals surface area contributed by atoms with Gasteiger partial charge in [-0.05, 0) is 24.3 Å². The van der Waals surface area contributed by atoms with Gasteiger partial charge in [-0.25, -0.2) is 0 Å². The second kappa shape index (κ2) is 12.3. The molecule has 1 amide bonds. The average Bonchev–Trinajstić information content (AvgIpc) is 2.87. The Morgan fingerprint density at radius 2 is 1.49 bits per heavy atom. The molecule has 0 spiro atoms. The minimum absolute atomic E-state index is 0.0790. The first-order valence-corrected chi connectivity index (χ1v) is 11.2. The van der Waals surface area contributed by atoms with Gasteiger partial charge < -0.3 is 59.6 Å². The largest absolute Gasteiger partial charge is 0.497 e. The minimum atomic E-state index is -1.65. The van der Waals surface area contributed by atoms with Gasteiger partial charge in [-0.1, -0.05) is 6.92 Å². The van der Waals surface area contributed by atoms with Gasteiger partial charge >= 0.3 is 0 Å². The van der Waals surface area contributed by atoms with Crippen molar-refractivity contribution in [3.8, 4) is 11.5 Å². The Bertz CT molecular complexity index is 808. The van der Waals surface area contributed by atoms with Crippen LogP contribution in [-0.4, -0.2) is 118 Å². The van der Waals surface area contributed by atoms with Gasteiger partial charge in [-0.3, -0.25) is 4.79 Å². The van der Waals surface area contributed by atoms with E-state index in [1.54, 1.807) is 31.2 Å². The Morgan fingerprint density at radius 3 is 2.06 bits per heavy atom. The van der Waals surface area contributed by atoms with Crippen LogP contribution < -0.4 is 14.8 Å². The standard InChI is InChI=1S/C22H33NO12/c1-3-14(26)23-15-16(27)12(8-24)33-21(17(15)28)35-20-13(9-25)34-22(19(30)18(20)29)32-11-6-4-10(31-2)5-7-11/h4-7,12-13,15-22,24-25,27-30H,3,8-9H2,1-2H3,(H,23,26)/t12-,13-,15+,16+,17-,18-,19-,20+,21-,22-/m1/s1. The van der Waals surface area contributed by atoms with E-state index in [0.717, 1.165) is 0 Å². The summed E-state index contributed by atoms with van der Waals surface area (Å²) in [5.74, 6) is 0.419. The zero-order chi connectivity index (χ0) is 25.7. The van der Waals surface area contributed by atoms with Gasteiger partial charge in [0, 0.05) is 6.42 Å². The van der Waals surface area contributed by atoms with E-state index < -0.39 is 80.5 Å². The summed E-state index contributed by atoms with van der Waals surface area (Å²) < 4.78 is 27.4. The summed E-state index contributed by atoms with van der Waals surface area (Å²) in [6.07, 6.45) is -13.0. The van der Waals surface area contributed by atoms with Crippen molar-refractivity contribution in [1.29, 1.82) is 0 Å². The molecule has 2 aliphatic rings. The smallest absolute Gasteiger partial charge is 0.229 e. The Morgan fingerprint density at radius 1 is 0.886 bits per heavy atom. The molecule has 2 heterocycles. The number of rotatable bonds is 9. The van der Waals surface area contributed by atoms with E-state index in [4.69, 9.17) is 23.7 Å². The van der Waals surface area contributed by atoms with Crippen LogP contribution in [-0.2, 0) is 19.0 Å². The van der Waals surface area contributed by atoms with E-state index in [1.165, 1.54) is 7.11 Å². The number of carbonyl (C=O) groups excluding carboxylic acids is 1. The summed E-state index contributed by atoms with van der Waals surface area (Å²) in [6, 6.07) is 5.13. The fraction of sp³-hybridized carbons (Fsp3) is 0.682. The lowest BCUT2D eigenvalue weighted by Gasteiger charge is -2.46. The van der Waals surface area contributed by atoms with Crippen LogP contribution in [0.15, 0.2) is 24.3 Å². The van der Waals surface area contributed by atoms with E-state index in [-0.39, 0.29) is 6.42 Å². The predicted molar refractivity (Wildman–Crippen MR) is 116 cm³/mol. The van der Waals surface area contributed by atoms with Crippen molar-refractivity contribution >= 4 is 5.91 Å². The van der Waals surface area contributed by atoms with Crippen LogP contribution in [0.4, 0.5) is 0 Å². The number of amides is 1. The number of benzene rings is 1. The lowest BCUT2D eigenvalue weighted by molar-refractivity contribution is -0.343. The Hall–Kier alpha value is -2.07. The third-order valence-electron chi connectivity index (χ3n) is 5.96. The summed E-state index contributed by atoms with van der Waals surface area (Å²) in [4.78, 5) is 11.9. The van der Waals surface area contributed by atoms with Gasteiger partial charge in [0.25, 0.3) is 0 Å². The van der Waals surface area contributed by atoms with Crippen LogP contribution in [0.25, 0.3) is 0 Å². The van der Waals surface area contributed by atoms with Gasteiger partial charge in [0.1, 0.15) is 54.2 Å². The lowest BCUT2D eigenvalue weighted by atomic mass is 9.95. The Kier molecular flexibility index (Phi) is 9.63. The molecule has 1 aromatic carbocycles. The summed E-state index contributed by atoms with van der Waals surface area (Å²) in [5.41, 5.74) is 0. The van der Waals surface area contributed by atoms with Crippen LogP contribution in [0.5, 0.6) is 11.5 Å². The zero-order valence-corrected chi connectivity index (χ0v) is 19.3. The highest BCUT2D eigenvalue weighted by molar-refractivity contribution is 5.76. The lowest BCUT2D eigenvalue weighted by Crippen LogP contribution is -2.67. The molecule has 0 unspecified atom stereocenters. The molecular weight excluding hydrogens is 470 g/mol. The van der Waals surface area contributed by atoms with E-state index in [1.807, 2.05) is 0 Å². The molecule has 13 heteroatoms. The molecule has 0 saturated carbocycles. The summed E-state index contributed by atoms with van der Waals surface area (Å²) in [5, 5.41) is 64.3. The van der Waals surface area contributed by atoms with Crippen molar-refractivity contribution < 1.29 is 59.1 Å².